The van der Waals surface area contributed by atoms with Gasteiger partial charge < -0.3 is 10.5 Å². The molecular formula is C22H27N5O. The third kappa shape index (κ3) is 4.40. The van der Waals surface area contributed by atoms with Crippen LogP contribution in [0.3, 0.4) is 0 Å². The first-order chi connectivity index (χ1) is 13.8. The summed E-state index contributed by atoms with van der Waals surface area (Å²) in [4.78, 5) is 6.61. The van der Waals surface area contributed by atoms with Crippen molar-refractivity contribution in [2.45, 2.75) is 31.9 Å². The number of rotatable bonds is 7. The number of likely N-dealkylation sites (tertiary alicyclic amines) is 1. The second-order valence-corrected chi connectivity index (χ2v) is 7.25. The van der Waals surface area contributed by atoms with E-state index in [1.54, 1.807) is 6.20 Å². The van der Waals surface area contributed by atoms with Gasteiger partial charge in [-0.15, -0.1) is 0 Å². The Bertz CT molecular complexity index is 879. The van der Waals surface area contributed by atoms with Gasteiger partial charge in [-0.25, -0.2) is 4.98 Å². The van der Waals surface area contributed by atoms with Crippen LogP contribution in [0.4, 0.5) is 5.82 Å². The monoisotopic (exact) mass is 377 g/mol. The van der Waals surface area contributed by atoms with Gasteiger partial charge in [0.25, 0.3) is 0 Å². The first-order valence-corrected chi connectivity index (χ1v) is 9.92. The summed E-state index contributed by atoms with van der Waals surface area (Å²) in [6, 6.07) is 14.5. The van der Waals surface area contributed by atoms with E-state index in [9.17, 15) is 0 Å². The number of aromatic nitrogens is 3. The molecule has 3 heterocycles. The van der Waals surface area contributed by atoms with E-state index in [1.165, 1.54) is 18.4 Å². The van der Waals surface area contributed by atoms with Gasteiger partial charge in [0, 0.05) is 18.3 Å². The van der Waals surface area contributed by atoms with Crippen LogP contribution in [-0.4, -0.2) is 39.8 Å². The van der Waals surface area contributed by atoms with Crippen LogP contribution in [0.15, 0.2) is 54.9 Å². The van der Waals surface area contributed by atoms with Gasteiger partial charge >= 0.3 is 0 Å². The van der Waals surface area contributed by atoms with Crippen molar-refractivity contribution in [3.63, 3.8) is 0 Å². The van der Waals surface area contributed by atoms with Crippen molar-refractivity contribution in [1.29, 1.82) is 0 Å². The average Bonchev–Trinajstić information content (AvgIpc) is 3.22. The fraction of sp³-hybridized carbons (Fsp3) is 0.364. The molecule has 0 saturated carbocycles. The molecule has 1 aliphatic heterocycles. The molecule has 3 aromatic rings. The zero-order chi connectivity index (χ0) is 19.2. The molecule has 28 heavy (non-hydrogen) atoms. The maximum absolute atomic E-state index is 5.93. The van der Waals surface area contributed by atoms with Crippen molar-refractivity contribution < 1.29 is 4.74 Å². The van der Waals surface area contributed by atoms with Crippen molar-refractivity contribution in [2.75, 3.05) is 25.4 Å². The van der Waals surface area contributed by atoms with Crippen molar-refractivity contribution >= 4 is 5.82 Å². The molecule has 1 atom stereocenters. The summed E-state index contributed by atoms with van der Waals surface area (Å²) >= 11 is 0. The maximum Gasteiger partial charge on any atom is 0.123 e. The number of anilines is 1. The third-order valence-electron chi connectivity index (χ3n) is 5.34. The molecule has 1 saturated heterocycles. The van der Waals surface area contributed by atoms with Crippen LogP contribution in [-0.2, 0) is 11.3 Å². The zero-order valence-corrected chi connectivity index (χ0v) is 16.1. The van der Waals surface area contributed by atoms with Crippen LogP contribution in [0, 0.1) is 0 Å². The highest BCUT2D eigenvalue weighted by Crippen LogP contribution is 2.35. The molecule has 0 amide bonds. The molecular weight excluding hydrogens is 350 g/mol. The lowest BCUT2D eigenvalue weighted by Gasteiger charge is -2.35. The topological polar surface area (TPSA) is 80.1 Å². The molecule has 1 aromatic carbocycles. The number of piperidine rings is 1. The number of nitrogen functional groups attached to an aromatic ring is 1. The highest BCUT2D eigenvalue weighted by molar-refractivity contribution is 5.67. The van der Waals surface area contributed by atoms with Gasteiger partial charge in [-0.1, -0.05) is 36.8 Å². The van der Waals surface area contributed by atoms with Crippen LogP contribution >= 0.6 is 0 Å². The molecule has 4 rings (SSSR count). The molecule has 2 aromatic heterocycles. The van der Waals surface area contributed by atoms with Crippen molar-refractivity contribution in [3.05, 3.63) is 66.1 Å². The van der Waals surface area contributed by atoms with E-state index in [2.05, 4.69) is 32.2 Å². The lowest BCUT2D eigenvalue weighted by Crippen LogP contribution is -2.36. The number of nitrogens with two attached hydrogens (primary N) is 1. The van der Waals surface area contributed by atoms with Crippen LogP contribution in [0.1, 0.15) is 36.6 Å². The minimum atomic E-state index is 0.320. The van der Waals surface area contributed by atoms with Gasteiger partial charge in [-0.05, 0) is 42.6 Å². The summed E-state index contributed by atoms with van der Waals surface area (Å²) in [6.45, 7) is 3.37. The smallest absolute Gasteiger partial charge is 0.123 e. The minimum Gasteiger partial charge on any atom is -0.384 e. The van der Waals surface area contributed by atoms with Crippen LogP contribution in [0.5, 0.6) is 0 Å². The van der Waals surface area contributed by atoms with Gasteiger partial charge in [0.1, 0.15) is 5.82 Å². The normalized spacial score (nSPS) is 17.6. The van der Waals surface area contributed by atoms with E-state index in [0.717, 1.165) is 42.9 Å². The molecule has 6 nitrogen and oxygen atoms in total. The minimum absolute atomic E-state index is 0.320. The van der Waals surface area contributed by atoms with Gasteiger partial charge in [0.2, 0.25) is 0 Å². The van der Waals surface area contributed by atoms with E-state index >= 15 is 0 Å². The number of aromatic amines is 1. The Balaban J connectivity index is 1.42. The molecule has 6 heteroatoms. The second kappa shape index (κ2) is 8.99. The molecule has 146 valence electrons. The lowest BCUT2D eigenvalue weighted by atomic mass is 9.95. The number of hydrogen-bond acceptors (Lipinski definition) is 5. The van der Waals surface area contributed by atoms with Gasteiger partial charge in [0.05, 0.1) is 31.1 Å². The Labute approximate surface area is 165 Å². The van der Waals surface area contributed by atoms with Crippen molar-refractivity contribution in [1.82, 2.24) is 20.1 Å². The molecule has 0 bridgehead atoms. The summed E-state index contributed by atoms with van der Waals surface area (Å²) in [5.41, 5.74) is 10.4. The van der Waals surface area contributed by atoms with Gasteiger partial charge in [-0.2, -0.15) is 5.10 Å². The Morgan fingerprint density at radius 3 is 2.93 bits per heavy atom. The fourth-order valence-corrected chi connectivity index (χ4v) is 3.93. The number of benzene rings is 1. The van der Waals surface area contributed by atoms with E-state index in [4.69, 9.17) is 10.5 Å². The average molecular weight is 377 g/mol. The quantitative estimate of drug-likeness (QED) is 0.612. The van der Waals surface area contributed by atoms with Crippen molar-refractivity contribution in [3.8, 4) is 11.1 Å². The maximum atomic E-state index is 5.93. The summed E-state index contributed by atoms with van der Waals surface area (Å²) in [7, 11) is 0. The highest BCUT2D eigenvalue weighted by atomic mass is 16.5. The van der Waals surface area contributed by atoms with Gasteiger partial charge in [0.15, 0.2) is 0 Å². The van der Waals surface area contributed by atoms with Crippen LogP contribution in [0.25, 0.3) is 11.1 Å². The zero-order valence-electron chi connectivity index (χ0n) is 16.1. The molecule has 0 spiro atoms. The Morgan fingerprint density at radius 1 is 1.18 bits per heavy atom. The molecule has 1 fully saturated rings. The number of nitrogens with zero attached hydrogens (tertiary/aromatic N) is 3. The molecule has 0 unspecified atom stereocenters. The number of pyridine rings is 1. The highest BCUT2D eigenvalue weighted by Gasteiger charge is 2.27. The van der Waals surface area contributed by atoms with E-state index in [-0.39, 0.29) is 0 Å². The molecule has 3 N–H and O–H groups in total. The Morgan fingerprint density at radius 2 is 2.07 bits per heavy atom. The number of H-pyrrole nitrogens is 1. The number of nitrogens with one attached hydrogen (secondary N) is 1. The first kappa shape index (κ1) is 18.7. The van der Waals surface area contributed by atoms with Gasteiger partial charge in [-0.3, -0.25) is 10.00 Å². The summed E-state index contributed by atoms with van der Waals surface area (Å²) < 4.78 is 5.93. The fourth-order valence-electron chi connectivity index (χ4n) is 3.93. The largest absolute Gasteiger partial charge is 0.384 e. The predicted molar refractivity (Wildman–Crippen MR) is 110 cm³/mol. The van der Waals surface area contributed by atoms with E-state index in [1.807, 2.05) is 36.5 Å². The predicted octanol–water partition coefficient (Wildman–Crippen LogP) is 3.80. The molecule has 1 aliphatic rings. The third-order valence-corrected chi connectivity index (χ3v) is 5.34. The van der Waals surface area contributed by atoms with Crippen LogP contribution < -0.4 is 5.73 Å². The number of ether oxygens (including phenoxy) is 1. The molecule has 0 aliphatic carbocycles. The Hall–Kier alpha value is -2.70. The second-order valence-electron chi connectivity index (χ2n) is 7.25. The number of hydrogen-bond donors (Lipinski definition) is 2. The first-order valence-electron chi connectivity index (χ1n) is 9.92. The van der Waals surface area contributed by atoms with E-state index < -0.39 is 0 Å². The standard InChI is InChI=1S/C22H27N5O/c23-21-14-18(9-10-24-21)19-15-25-26-22(19)20-8-4-5-11-27(20)12-13-28-16-17-6-2-1-3-7-17/h1-3,6-7,9-10,14-15,20H,4-5,8,11-13,16H2,(H2,23,24)(H,25,26)/t20-/m1/s1. The van der Waals surface area contributed by atoms with Crippen LogP contribution in [0.2, 0.25) is 0 Å². The summed E-state index contributed by atoms with van der Waals surface area (Å²) in [5, 5.41) is 7.58. The molecule has 0 radical (unpaired) electrons. The van der Waals surface area contributed by atoms with Crippen molar-refractivity contribution in [2.24, 2.45) is 0 Å². The van der Waals surface area contributed by atoms with E-state index in [0.29, 0.717) is 18.5 Å². The summed E-state index contributed by atoms with van der Waals surface area (Å²) in [6.07, 6.45) is 7.21. The summed E-state index contributed by atoms with van der Waals surface area (Å²) in [5.74, 6) is 0.527. The Kier molecular flexibility index (Phi) is 5.99. The lowest BCUT2D eigenvalue weighted by molar-refractivity contribution is 0.0628. The SMILES string of the molecule is Nc1cc(-c2cn[nH]c2[C@H]2CCCCN2CCOCc2ccccc2)ccn1.